The van der Waals surface area contributed by atoms with Gasteiger partial charge in [-0.05, 0) is 26.8 Å². The number of carbonyl (C=O) groups is 2. The molecule has 1 N–H and O–H groups in total. The molecular formula is C19H22N4O3. The molecule has 0 fully saturated rings. The highest BCUT2D eigenvalue weighted by atomic mass is 16.5. The summed E-state index contributed by atoms with van der Waals surface area (Å²) in [5.74, 6) is -0.915. The van der Waals surface area contributed by atoms with Crippen molar-refractivity contribution in [2.75, 3.05) is 5.32 Å². The molecule has 26 heavy (non-hydrogen) atoms. The van der Waals surface area contributed by atoms with E-state index in [2.05, 4.69) is 10.4 Å². The van der Waals surface area contributed by atoms with Gasteiger partial charge in [-0.3, -0.25) is 9.48 Å². The third kappa shape index (κ3) is 3.08. The average Bonchev–Trinajstić information content (AvgIpc) is 3.06. The Morgan fingerprint density at radius 3 is 2.54 bits per heavy atom. The number of carbonyl (C=O) groups excluding carboxylic acids is 2. The molecule has 0 unspecified atom stereocenters. The van der Waals surface area contributed by atoms with Crippen LogP contribution in [0.5, 0.6) is 0 Å². The van der Waals surface area contributed by atoms with E-state index in [9.17, 15) is 9.59 Å². The highest BCUT2D eigenvalue weighted by molar-refractivity contribution is 6.05. The monoisotopic (exact) mass is 354 g/mol. The number of benzene rings is 1. The summed E-state index contributed by atoms with van der Waals surface area (Å²) in [7, 11) is 3.67. The second kappa shape index (κ2) is 6.67. The average molecular weight is 354 g/mol. The normalized spacial score (nSPS) is 12.2. The topological polar surface area (TPSA) is 78.2 Å². The van der Waals surface area contributed by atoms with E-state index in [1.165, 1.54) is 0 Å². The van der Waals surface area contributed by atoms with Crippen molar-refractivity contribution < 1.29 is 14.3 Å². The maximum Gasteiger partial charge on any atom is 0.341 e. The van der Waals surface area contributed by atoms with Crippen LogP contribution in [0.1, 0.15) is 28.7 Å². The Labute approximate surface area is 151 Å². The van der Waals surface area contributed by atoms with Crippen LogP contribution in [0.2, 0.25) is 0 Å². The summed E-state index contributed by atoms with van der Waals surface area (Å²) in [6, 6.07) is 7.56. The van der Waals surface area contributed by atoms with E-state index < -0.39 is 18.0 Å². The first-order chi connectivity index (χ1) is 12.3. The van der Waals surface area contributed by atoms with E-state index in [1.54, 1.807) is 17.8 Å². The van der Waals surface area contributed by atoms with Gasteiger partial charge in [0.05, 0.1) is 22.6 Å². The molecule has 1 atom stereocenters. The van der Waals surface area contributed by atoms with Gasteiger partial charge in [-0.2, -0.15) is 5.10 Å². The fourth-order valence-corrected chi connectivity index (χ4v) is 2.96. The van der Waals surface area contributed by atoms with Crippen LogP contribution in [0.15, 0.2) is 30.5 Å². The number of nitrogens with one attached hydrogen (secondary N) is 1. The molecule has 7 heteroatoms. The van der Waals surface area contributed by atoms with Gasteiger partial charge in [0.2, 0.25) is 0 Å². The van der Waals surface area contributed by atoms with Crippen LogP contribution in [-0.4, -0.2) is 32.3 Å². The van der Waals surface area contributed by atoms with Crippen molar-refractivity contribution in [3.05, 3.63) is 47.4 Å². The van der Waals surface area contributed by atoms with Gasteiger partial charge in [-0.15, -0.1) is 0 Å². The van der Waals surface area contributed by atoms with Crippen LogP contribution < -0.4 is 5.32 Å². The predicted molar refractivity (Wildman–Crippen MR) is 99.1 cm³/mol. The number of ether oxygens (including phenoxy) is 1. The Bertz CT molecular complexity index is 1000. The first-order valence-corrected chi connectivity index (χ1v) is 8.35. The summed E-state index contributed by atoms with van der Waals surface area (Å²) < 4.78 is 8.94. The number of anilines is 1. The van der Waals surface area contributed by atoms with Crippen molar-refractivity contribution in [2.45, 2.75) is 26.9 Å². The fraction of sp³-hybridized carbons (Fsp3) is 0.316. The van der Waals surface area contributed by atoms with Gasteiger partial charge in [0.15, 0.2) is 6.10 Å². The molecule has 7 nitrogen and oxygen atoms in total. The number of nitrogens with zero attached hydrogens (tertiary/aromatic N) is 3. The quantitative estimate of drug-likeness (QED) is 0.731. The van der Waals surface area contributed by atoms with Crippen LogP contribution in [0.3, 0.4) is 0 Å². The molecule has 0 aliphatic carbocycles. The molecule has 0 saturated carbocycles. The van der Waals surface area contributed by atoms with Crippen LogP contribution in [0, 0.1) is 13.8 Å². The van der Waals surface area contributed by atoms with Crippen LogP contribution in [-0.2, 0) is 23.6 Å². The van der Waals surface area contributed by atoms with Gasteiger partial charge in [0.1, 0.15) is 0 Å². The van der Waals surface area contributed by atoms with E-state index in [-0.39, 0.29) is 0 Å². The molecule has 136 valence electrons. The zero-order valence-electron chi connectivity index (χ0n) is 15.5. The van der Waals surface area contributed by atoms with E-state index in [0.29, 0.717) is 16.9 Å². The van der Waals surface area contributed by atoms with Gasteiger partial charge in [0, 0.05) is 31.2 Å². The third-order valence-electron chi connectivity index (χ3n) is 4.53. The minimum Gasteiger partial charge on any atom is -0.449 e. The Morgan fingerprint density at radius 1 is 1.19 bits per heavy atom. The van der Waals surface area contributed by atoms with Crippen molar-refractivity contribution in [1.29, 1.82) is 0 Å². The minimum absolute atomic E-state index is 0.391. The molecule has 1 aromatic carbocycles. The highest BCUT2D eigenvalue weighted by Gasteiger charge is 2.23. The summed E-state index contributed by atoms with van der Waals surface area (Å²) in [6.45, 7) is 5.23. The predicted octanol–water partition coefficient (Wildman–Crippen LogP) is 2.71. The van der Waals surface area contributed by atoms with Crippen LogP contribution in [0.4, 0.5) is 5.69 Å². The number of hydrogen-bond acceptors (Lipinski definition) is 4. The molecule has 2 heterocycles. The lowest BCUT2D eigenvalue weighted by molar-refractivity contribution is -0.123. The summed E-state index contributed by atoms with van der Waals surface area (Å²) in [5.41, 5.74) is 3.56. The summed E-state index contributed by atoms with van der Waals surface area (Å²) in [5, 5.41) is 7.85. The Kier molecular flexibility index (Phi) is 4.54. The third-order valence-corrected chi connectivity index (χ3v) is 4.53. The summed E-state index contributed by atoms with van der Waals surface area (Å²) >= 11 is 0. The van der Waals surface area contributed by atoms with Crippen molar-refractivity contribution >= 4 is 28.5 Å². The molecular weight excluding hydrogens is 332 g/mol. The largest absolute Gasteiger partial charge is 0.449 e. The number of rotatable bonds is 4. The minimum atomic E-state index is -0.930. The fourth-order valence-electron chi connectivity index (χ4n) is 2.96. The molecule has 0 aliphatic rings. The van der Waals surface area contributed by atoms with Crippen molar-refractivity contribution in [2.24, 2.45) is 14.1 Å². The molecule has 0 spiro atoms. The SMILES string of the molecule is Cc1nn(C)c(C)c1NC(=O)[C@H](C)OC(=O)c1cn(C)c2ccccc12. The second-order valence-electron chi connectivity index (χ2n) is 6.38. The lowest BCUT2D eigenvalue weighted by Gasteiger charge is -2.13. The molecule has 1 amide bonds. The molecule has 0 saturated heterocycles. The highest BCUT2D eigenvalue weighted by Crippen LogP contribution is 2.22. The smallest absolute Gasteiger partial charge is 0.341 e. The molecule has 0 radical (unpaired) electrons. The van der Waals surface area contributed by atoms with Gasteiger partial charge < -0.3 is 14.6 Å². The Morgan fingerprint density at radius 2 is 1.88 bits per heavy atom. The summed E-state index contributed by atoms with van der Waals surface area (Å²) in [4.78, 5) is 25.0. The van der Waals surface area contributed by atoms with Crippen molar-refractivity contribution in [3.63, 3.8) is 0 Å². The number of esters is 1. The number of fused-ring (bicyclic) bond motifs is 1. The maximum atomic E-state index is 12.5. The zero-order chi connectivity index (χ0) is 19.0. The number of amides is 1. The molecule has 0 bridgehead atoms. The lowest BCUT2D eigenvalue weighted by Crippen LogP contribution is -2.30. The van der Waals surface area contributed by atoms with E-state index in [1.807, 2.05) is 56.8 Å². The van der Waals surface area contributed by atoms with Crippen LogP contribution >= 0.6 is 0 Å². The standard InChI is InChI=1S/C19H22N4O3/c1-11-17(12(2)23(5)21-11)20-18(24)13(3)26-19(25)15-10-22(4)16-9-7-6-8-14(15)16/h6-10,13H,1-5H3,(H,20,24)/t13-/m0/s1. The molecule has 3 aromatic rings. The second-order valence-corrected chi connectivity index (χ2v) is 6.38. The van der Waals surface area contributed by atoms with Gasteiger partial charge in [-0.1, -0.05) is 18.2 Å². The molecule has 3 rings (SSSR count). The summed E-state index contributed by atoms with van der Waals surface area (Å²) in [6.07, 6.45) is 0.785. The molecule has 2 aromatic heterocycles. The van der Waals surface area contributed by atoms with E-state index >= 15 is 0 Å². The lowest BCUT2D eigenvalue weighted by atomic mass is 10.2. The number of hydrogen-bond donors (Lipinski definition) is 1. The zero-order valence-corrected chi connectivity index (χ0v) is 15.5. The van der Waals surface area contributed by atoms with Crippen LogP contribution in [0.25, 0.3) is 10.9 Å². The number of aryl methyl sites for hydroxylation is 3. The van der Waals surface area contributed by atoms with Gasteiger partial charge in [-0.25, -0.2) is 4.79 Å². The first-order valence-electron chi connectivity index (χ1n) is 8.35. The number of aromatic nitrogens is 3. The van der Waals surface area contributed by atoms with Gasteiger partial charge in [0.25, 0.3) is 5.91 Å². The van der Waals surface area contributed by atoms with Crippen molar-refractivity contribution in [3.8, 4) is 0 Å². The van der Waals surface area contributed by atoms with E-state index in [4.69, 9.17) is 4.74 Å². The Hall–Kier alpha value is -3.09. The van der Waals surface area contributed by atoms with Gasteiger partial charge >= 0.3 is 5.97 Å². The van der Waals surface area contributed by atoms with Crippen molar-refractivity contribution in [1.82, 2.24) is 14.3 Å². The first kappa shape index (κ1) is 17.7. The maximum absolute atomic E-state index is 12.5. The molecule has 0 aliphatic heterocycles. The number of para-hydroxylation sites is 1. The van der Waals surface area contributed by atoms with E-state index in [0.717, 1.165) is 16.6 Å². The Balaban J connectivity index is 1.75.